The second kappa shape index (κ2) is 15.7. The van der Waals surface area contributed by atoms with Gasteiger partial charge in [0.15, 0.2) is 15.3 Å². The van der Waals surface area contributed by atoms with Crippen molar-refractivity contribution in [1.29, 1.82) is 0 Å². The Balaban J connectivity index is 1.50. The molecule has 1 heterocycles. The van der Waals surface area contributed by atoms with E-state index in [9.17, 15) is 4.79 Å². The van der Waals surface area contributed by atoms with Crippen LogP contribution in [0.15, 0.2) is 28.7 Å². The molecule has 0 radical (unpaired) electrons. The molecule has 0 amide bonds. The third-order valence-corrected chi connectivity index (χ3v) is 10.8. The number of ether oxygens (including phenoxy) is 3. The molecular formula is C32H46BrIN2O4. The van der Waals surface area contributed by atoms with E-state index in [1.165, 1.54) is 20.2 Å². The van der Waals surface area contributed by atoms with Gasteiger partial charge in [-0.3, -0.25) is 9.69 Å². The molecule has 1 aliphatic rings. The summed E-state index contributed by atoms with van der Waals surface area (Å²) < 4.78 is 19.5. The highest BCUT2D eigenvalue weighted by atomic mass is 127. The maximum atomic E-state index is 12.9. The summed E-state index contributed by atoms with van der Waals surface area (Å²) in [5.41, 5.74) is 4.93. The summed E-state index contributed by atoms with van der Waals surface area (Å²) >= 11 is 2.96. The van der Waals surface area contributed by atoms with Crippen molar-refractivity contribution in [2.75, 3.05) is 54.6 Å². The summed E-state index contributed by atoms with van der Waals surface area (Å²) in [5, 5.41) is 0. The Bertz CT molecular complexity index is 1190. The molecule has 0 spiro atoms. The maximum Gasteiger partial charge on any atom is 0.191 e. The van der Waals surface area contributed by atoms with Gasteiger partial charge < -0.3 is 19.1 Å². The number of carbonyl (C=O) groups excluding carboxylic acids is 1. The van der Waals surface area contributed by atoms with Crippen LogP contribution in [0.3, 0.4) is 0 Å². The van der Waals surface area contributed by atoms with Crippen molar-refractivity contribution in [2.45, 2.75) is 59.4 Å². The summed E-state index contributed by atoms with van der Waals surface area (Å²) in [6.07, 6.45) is 3.70. The van der Waals surface area contributed by atoms with E-state index in [4.69, 9.17) is 14.2 Å². The molecule has 1 atom stereocenters. The Labute approximate surface area is 259 Å². The van der Waals surface area contributed by atoms with Crippen LogP contribution >= 0.6 is 36.7 Å². The summed E-state index contributed by atoms with van der Waals surface area (Å²) in [5.74, 6) is 2.96. The van der Waals surface area contributed by atoms with E-state index in [-0.39, 0.29) is 0 Å². The normalized spacial score (nSPS) is 15.4. The van der Waals surface area contributed by atoms with Gasteiger partial charge in [-0.2, -0.15) is 0 Å². The van der Waals surface area contributed by atoms with E-state index in [0.717, 1.165) is 61.3 Å². The predicted octanol–water partition coefficient (Wildman–Crippen LogP) is 7.12. The fourth-order valence-corrected chi connectivity index (χ4v) is 8.16. The number of likely N-dealkylation sites (tertiary alicyclic amines) is 1. The molecule has 1 saturated heterocycles. The van der Waals surface area contributed by atoms with E-state index in [0.29, 0.717) is 33.7 Å². The number of methoxy groups -OCH3 is 2. The van der Waals surface area contributed by atoms with Crippen molar-refractivity contribution in [1.82, 2.24) is 9.80 Å². The molecule has 2 aromatic rings. The second-order valence-electron chi connectivity index (χ2n) is 11.1. The van der Waals surface area contributed by atoms with Gasteiger partial charge in [-0.1, -0.05) is 22.0 Å². The first-order chi connectivity index (χ1) is 19.0. The molecule has 1 aliphatic heterocycles. The molecule has 1 fully saturated rings. The lowest BCUT2D eigenvalue weighted by molar-refractivity contribution is -0.108. The van der Waals surface area contributed by atoms with Gasteiger partial charge in [-0.25, -0.2) is 0 Å². The Morgan fingerprint density at radius 1 is 1.07 bits per heavy atom. The van der Waals surface area contributed by atoms with Gasteiger partial charge in [-0.15, -0.1) is 0 Å². The summed E-state index contributed by atoms with van der Waals surface area (Å²) in [6.45, 7) is 12.9. The zero-order valence-electron chi connectivity index (χ0n) is 25.4. The maximum absolute atomic E-state index is 12.9. The number of nitrogens with zero attached hydrogens (tertiary/aromatic N) is 2. The minimum Gasteiger partial charge on any atom is -0.493 e. The Morgan fingerprint density at radius 3 is 2.40 bits per heavy atom. The average Bonchev–Trinajstić information content (AvgIpc) is 2.88. The van der Waals surface area contributed by atoms with Crippen LogP contribution in [-0.4, -0.2) is 71.7 Å². The summed E-state index contributed by atoms with van der Waals surface area (Å²) in [6, 6.07) is 8.56. The van der Waals surface area contributed by atoms with Gasteiger partial charge in [0, 0.05) is 30.0 Å². The monoisotopic (exact) mass is 728 g/mol. The van der Waals surface area contributed by atoms with Gasteiger partial charge in [0.05, 0.1) is 20.8 Å². The van der Waals surface area contributed by atoms with Crippen LogP contribution < -0.4 is 14.2 Å². The van der Waals surface area contributed by atoms with E-state index in [1.54, 1.807) is 14.2 Å². The molecule has 3 rings (SSSR count). The Kier molecular flexibility index (Phi) is 12.9. The van der Waals surface area contributed by atoms with Crippen LogP contribution in [0.4, 0.5) is 0 Å². The lowest BCUT2D eigenvalue weighted by Gasteiger charge is -2.44. The largest absolute Gasteiger partial charge is 0.493 e. The molecule has 8 heteroatoms. The average molecular weight is 730 g/mol. The molecule has 0 aliphatic carbocycles. The number of hydrogen-bond acceptors (Lipinski definition) is 6. The number of halogens is 2. The van der Waals surface area contributed by atoms with Crippen LogP contribution in [0.25, 0.3) is 0 Å². The van der Waals surface area contributed by atoms with E-state index in [2.05, 4.69) is 79.7 Å². The van der Waals surface area contributed by atoms with E-state index in [1.807, 2.05) is 12.1 Å². The molecule has 222 valence electrons. The Morgan fingerprint density at radius 2 is 1.75 bits per heavy atom. The first kappa shape index (κ1) is 33.0. The number of hydrogen-bond donors (Lipinski definition) is 0. The highest BCUT2D eigenvalue weighted by Gasteiger charge is 2.32. The van der Waals surface area contributed by atoms with Crippen molar-refractivity contribution >= 4 is 44.0 Å². The lowest BCUT2D eigenvalue weighted by atomic mass is 9.89. The van der Waals surface area contributed by atoms with Gasteiger partial charge in [0.2, 0.25) is 0 Å². The highest BCUT2D eigenvalue weighted by molar-refractivity contribution is 14.2. The molecule has 0 aromatic heterocycles. The third kappa shape index (κ3) is 9.00. The topological polar surface area (TPSA) is 51.2 Å². The minimum atomic E-state index is -0.621. The van der Waals surface area contributed by atoms with Crippen molar-refractivity contribution in [3.05, 3.63) is 51.0 Å². The number of unbranched alkanes of at least 4 members (excludes halogenated alkanes) is 1. The molecular weight excluding hydrogens is 683 g/mol. The van der Waals surface area contributed by atoms with Gasteiger partial charge in [-0.05, 0) is 138 Å². The van der Waals surface area contributed by atoms with Gasteiger partial charge in [0.25, 0.3) is 0 Å². The van der Waals surface area contributed by atoms with Crippen LogP contribution in [0.1, 0.15) is 61.4 Å². The first-order valence-electron chi connectivity index (χ1n) is 14.1. The van der Waals surface area contributed by atoms with Crippen LogP contribution in [-0.2, 0) is 11.2 Å². The minimum absolute atomic E-state index is 0.333. The number of benzene rings is 2. The molecule has 0 N–H and O–H groups in total. The SMILES string of the molecule is COc1cc(Br)c(CC(=O)I=C(C)CC2CN(C(C)c3ccc(OCCCCN(C)C)c(C)c3C)C2)cc1OC. The van der Waals surface area contributed by atoms with E-state index >= 15 is 0 Å². The molecule has 6 nitrogen and oxygen atoms in total. The molecule has 1 unspecified atom stereocenters. The summed E-state index contributed by atoms with van der Waals surface area (Å²) in [7, 11) is 7.45. The molecule has 2 aromatic carbocycles. The number of rotatable bonds is 15. The lowest BCUT2D eigenvalue weighted by Crippen LogP contribution is -2.48. The fraction of sp³-hybridized carbons (Fsp3) is 0.562. The summed E-state index contributed by atoms with van der Waals surface area (Å²) in [4.78, 5) is 17.7. The fourth-order valence-electron chi connectivity index (χ4n) is 5.22. The van der Waals surface area contributed by atoms with Crippen molar-refractivity contribution in [2.24, 2.45) is 5.92 Å². The standard InChI is InChI=1S/C32H46BrIN2O4/c1-21(34-32(37)17-26-16-30(38-7)31(39-8)18-28(26)33)15-25-19-36(20-25)24(4)27-11-12-29(23(3)22(27)2)40-14-10-9-13-35(5)6/h11-12,16,18,24-25H,9-10,13-15,17,19-20H2,1-8H3. The van der Waals surface area contributed by atoms with Gasteiger partial charge in [0.1, 0.15) is 5.75 Å². The molecule has 0 bridgehead atoms. The smallest absolute Gasteiger partial charge is 0.191 e. The number of carbonyl (C=O) groups is 1. The molecule has 40 heavy (non-hydrogen) atoms. The zero-order valence-corrected chi connectivity index (χ0v) is 29.1. The van der Waals surface area contributed by atoms with E-state index < -0.39 is 20.7 Å². The van der Waals surface area contributed by atoms with Crippen molar-refractivity contribution in [3.8, 4) is 17.2 Å². The predicted molar refractivity (Wildman–Crippen MR) is 178 cm³/mol. The second-order valence-corrected chi connectivity index (χ2v) is 15.5. The van der Waals surface area contributed by atoms with Crippen molar-refractivity contribution < 1.29 is 19.0 Å². The highest BCUT2D eigenvalue weighted by Crippen LogP contribution is 2.36. The van der Waals surface area contributed by atoms with Crippen LogP contribution in [0.5, 0.6) is 17.2 Å². The van der Waals surface area contributed by atoms with Crippen molar-refractivity contribution in [3.63, 3.8) is 0 Å². The molecule has 0 saturated carbocycles. The van der Waals surface area contributed by atoms with Crippen LogP contribution in [0.2, 0.25) is 0 Å². The van der Waals surface area contributed by atoms with Crippen LogP contribution in [0, 0.1) is 19.8 Å². The zero-order chi connectivity index (χ0) is 29.4. The quantitative estimate of drug-likeness (QED) is 0.111. The Hall–Kier alpha value is -1.49. The third-order valence-electron chi connectivity index (χ3n) is 7.74. The van der Waals surface area contributed by atoms with Gasteiger partial charge >= 0.3 is 0 Å². The first-order valence-corrected chi connectivity index (χ1v) is 17.0.